The number of rotatable bonds is 8. The largest absolute Gasteiger partial charge is 0.481 e. The van der Waals surface area contributed by atoms with Gasteiger partial charge in [0, 0.05) is 12.0 Å². The van der Waals surface area contributed by atoms with Crippen LogP contribution in [0.4, 0.5) is 10.5 Å². The minimum absolute atomic E-state index is 0.115. The second kappa shape index (κ2) is 10.1. The van der Waals surface area contributed by atoms with Crippen LogP contribution in [0.3, 0.4) is 0 Å². The average Bonchev–Trinajstić information content (AvgIpc) is 3.63. The maximum Gasteiger partial charge on any atom is 0.411 e. The molecule has 0 aliphatic heterocycles. The average molecular weight is 483 g/mol. The Bertz CT molecular complexity index is 1360. The van der Waals surface area contributed by atoms with E-state index in [1.165, 1.54) is 0 Å². The number of aliphatic carboxylic acids is 1. The molecule has 1 aliphatic carbocycles. The quantitative estimate of drug-likeness (QED) is 0.306. The molecule has 0 saturated heterocycles. The molecule has 0 spiro atoms. The molecule has 7 nitrogen and oxygen atoms in total. The molecular weight excluding hydrogens is 456 g/mol. The van der Waals surface area contributed by atoms with Crippen molar-refractivity contribution in [2.45, 2.75) is 25.7 Å². The summed E-state index contributed by atoms with van der Waals surface area (Å²) in [5, 5.41) is 15.9. The molecule has 1 aromatic heterocycles. The molecule has 1 amide bonds. The van der Waals surface area contributed by atoms with Gasteiger partial charge in [0.05, 0.1) is 12.5 Å². The molecule has 3 aromatic carbocycles. The van der Waals surface area contributed by atoms with Gasteiger partial charge in [-0.2, -0.15) is 0 Å². The molecule has 2 atom stereocenters. The van der Waals surface area contributed by atoms with Crippen molar-refractivity contribution in [3.63, 3.8) is 0 Å². The Morgan fingerprint density at radius 1 is 0.972 bits per heavy atom. The van der Waals surface area contributed by atoms with Crippen LogP contribution in [0.5, 0.6) is 0 Å². The minimum atomic E-state index is -0.725. The highest BCUT2D eigenvalue weighted by molar-refractivity contribution is 5.91. The van der Waals surface area contributed by atoms with Crippen LogP contribution in [-0.2, 0) is 16.0 Å². The molecule has 2 N–H and O–H groups in total. The normalized spacial score (nSPS) is 16.4. The molecule has 7 heteroatoms. The zero-order chi connectivity index (χ0) is 25.1. The Morgan fingerprint density at radius 3 is 2.25 bits per heavy atom. The lowest BCUT2D eigenvalue weighted by molar-refractivity contribution is -0.138. The van der Waals surface area contributed by atoms with E-state index in [1.54, 1.807) is 6.92 Å². The molecule has 1 aliphatic rings. The molecule has 4 aromatic rings. The second-order valence-corrected chi connectivity index (χ2v) is 8.95. The van der Waals surface area contributed by atoms with Gasteiger partial charge in [-0.25, -0.2) is 4.79 Å². The number of amides is 1. The SMILES string of the molecule is Cc1noc(-c2ccc(-c3ccc(C4C[C@H]4C(=O)O)cc3)cc2)c1NC(=O)OCCc1ccccc1. The molecular formula is C29H26N2O5. The summed E-state index contributed by atoms with van der Waals surface area (Å²) in [6.07, 6.45) is 0.778. The van der Waals surface area contributed by atoms with Crippen molar-refractivity contribution in [1.82, 2.24) is 5.16 Å². The third-order valence-corrected chi connectivity index (χ3v) is 6.48. The third-order valence-electron chi connectivity index (χ3n) is 6.48. The Kier molecular flexibility index (Phi) is 6.54. The first-order valence-corrected chi connectivity index (χ1v) is 11.9. The Morgan fingerprint density at radius 2 is 1.61 bits per heavy atom. The van der Waals surface area contributed by atoms with Gasteiger partial charge in [0.1, 0.15) is 11.4 Å². The molecule has 1 heterocycles. The van der Waals surface area contributed by atoms with E-state index in [0.29, 0.717) is 30.0 Å². The van der Waals surface area contributed by atoms with Crippen LogP contribution in [0.15, 0.2) is 83.4 Å². The predicted molar refractivity (Wildman–Crippen MR) is 136 cm³/mol. The number of ether oxygens (including phenoxy) is 1. The van der Waals surface area contributed by atoms with Crippen molar-refractivity contribution < 1.29 is 24.0 Å². The summed E-state index contributed by atoms with van der Waals surface area (Å²) in [4.78, 5) is 23.5. The van der Waals surface area contributed by atoms with E-state index in [1.807, 2.05) is 78.9 Å². The molecule has 1 fully saturated rings. The number of hydrogen-bond acceptors (Lipinski definition) is 5. The van der Waals surface area contributed by atoms with Gasteiger partial charge in [-0.3, -0.25) is 10.1 Å². The van der Waals surface area contributed by atoms with Gasteiger partial charge in [-0.1, -0.05) is 84.0 Å². The molecule has 182 valence electrons. The van der Waals surface area contributed by atoms with Gasteiger partial charge in [0.15, 0.2) is 5.76 Å². The first-order valence-electron chi connectivity index (χ1n) is 11.9. The third kappa shape index (κ3) is 5.15. The lowest BCUT2D eigenvalue weighted by Gasteiger charge is -2.08. The monoisotopic (exact) mass is 482 g/mol. The van der Waals surface area contributed by atoms with Crippen LogP contribution in [-0.4, -0.2) is 28.9 Å². The van der Waals surface area contributed by atoms with Gasteiger partial charge < -0.3 is 14.4 Å². The first kappa shape index (κ1) is 23.4. The van der Waals surface area contributed by atoms with E-state index in [4.69, 9.17) is 14.4 Å². The molecule has 36 heavy (non-hydrogen) atoms. The van der Waals surface area contributed by atoms with E-state index >= 15 is 0 Å². The maximum atomic E-state index is 12.4. The van der Waals surface area contributed by atoms with Crippen molar-refractivity contribution >= 4 is 17.7 Å². The number of carboxylic acids is 1. The van der Waals surface area contributed by atoms with Crippen LogP contribution in [0.1, 0.15) is 29.2 Å². The van der Waals surface area contributed by atoms with Crippen LogP contribution < -0.4 is 5.32 Å². The summed E-state index contributed by atoms with van der Waals surface area (Å²) in [6, 6.07) is 25.6. The fourth-order valence-electron chi connectivity index (χ4n) is 4.33. The van der Waals surface area contributed by atoms with Crippen molar-refractivity contribution in [1.29, 1.82) is 0 Å². The number of hydrogen-bond donors (Lipinski definition) is 2. The van der Waals surface area contributed by atoms with E-state index in [2.05, 4.69) is 10.5 Å². The summed E-state index contributed by atoms with van der Waals surface area (Å²) in [6.45, 7) is 2.03. The van der Waals surface area contributed by atoms with E-state index < -0.39 is 12.1 Å². The van der Waals surface area contributed by atoms with Crippen molar-refractivity contribution in [3.05, 3.63) is 95.7 Å². The highest BCUT2D eigenvalue weighted by Crippen LogP contribution is 2.47. The van der Waals surface area contributed by atoms with E-state index in [-0.39, 0.29) is 18.4 Å². The van der Waals surface area contributed by atoms with Crippen LogP contribution in [0, 0.1) is 12.8 Å². The lowest BCUT2D eigenvalue weighted by Crippen LogP contribution is -2.16. The van der Waals surface area contributed by atoms with E-state index in [9.17, 15) is 9.59 Å². The Labute approximate surface area is 208 Å². The molecule has 5 rings (SSSR count). The second-order valence-electron chi connectivity index (χ2n) is 8.95. The number of nitrogens with zero attached hydrogens (tertiary/aromatic N) is 1. The summed E-state index contributed by atoms with van der Waals surface area (Å²) in [7, 11) is 0. The number of carboxylic acid groups (broad SMARTS) is 1. The first-order chi connectivity index (χ1) is 17.5. The summed E-state index contributed by atoms with van der Waals surface area (Å²) >= 11 is 0. The molecule has 0 bridgehead atoms. The Hall–Kier alpha value is -4.39. The predicted octanol–water partition coefficient (Wildman–Crippen LogP) is 6.30. The maximum absolute atomic E-state index is 12.4. The van der Waals surface area contributed by atoms with Gasteiger partial charge in [-0.15, -0.1) is 0 Å². The summed E-state index contributed by atoms with van der Waals surface area (Å²) in [5.41, 5.74) is 6.02. The van der Waals surface area contributed by atoms with Crippen LogP contribution in [0.25, 0.3) is 22.5 Å². The summed E-state index contributed by atoms with van der Waals surface area (Å²) < 4.78 is 10.9. The van der Waals surface area contributed by atoms with Crippen LogP contribution >= 0.6 is 0 Å². The number of carbonyl (C=O) groups is 2. The van der Waals surface area contributed by atoms with Crippen LogP contribution in [0.2, 0.25) is 0 Å². The van der Waals surface area contributed by atoms with Gasteiger partial charge >= 0.3 is 12.1 Å². The number of aryl methyl sites for hydroxylation is 1. The Balaban J connectivity index is 1.23. The number of carbonyl (C=O) groups excluding carboxylic acids is 1. The summed E-state index contributed by atoms with van der Waals surface area (Å²) in [5.74, 6) is -0.409. The fraction of sp³-hybridized carbons (Fsp3) is 0.207. The van der Waals surface area contributed by atoms with Crippen molar-refractivity contribution in [2.75, 3.05) is 11.9 Å². The van der Waals surface area contributed by atoms with Crippen molar-refractivity contribution in [2.24, 2.45) is 5.92 Å². The standard InChI is InChI=1S/C29H26N2O5/c1-18-26(30-29(34)35-16-15-19-5-3-2-4-6-19)27(36-31-18)23-13-9-21(10-14-23)20-7-11-22(12-8-20)24-17-25(24)28(32)33/h2-14,24-25H,15-17H2,1H3,(H,30,34)(H,32,33)/t24?,25-/m1/s1. The van der Waals surface area contributed by atoms with Gasteiger partial charge in [0.2, 0.25) is 0 Å². The zero-order valence-electron chi connectivity index (χ0n) is 19.8. The molecule has 1 unspecified atom stereocenters. The topological polar surface area (TPSA) is 102 Å². The minimum Gasteiger partial charge on any atom is -0.481 e. The fourth-order valence-corrected chi connectivity index (χ4v) is 4.33. The van der Waals surface area contributed by atoms with Gasteiger partial charge in [0.25, 0.3) is 0 Å². The zero-order valence-corrected chi connectivity index (χ0v) is 19.8. The number of nitrogens with one attached hydrogen (secondary N) is 1. The smallest absolute Gasteiger partial charge is 0.411 e. The lowest BCUT2D eigenvalue weighted by atomic mass is 10.00. The van der Waals surface area contributed by atoms with Gasteiger partial charge in [-0.05, 0) is 41.5 Å². The number of aromatic nitrogens is 1. The highest BCUT2D eigenvalue weighted by atomic mass is 16.5. The van der Waals surface area contributed by atoms with E-state index in [0.717, 1.165) is 27.8 Å². The number of benzene rings is 3. The molecule has 0 radical (unpaired) electrons. The highest BCUT2D eigenvalue weighted by Gasteiger charge is 2.44. The van der Waals surface area contributed by atoms with Crippen molar-refractivity contribution in [3.8, 4) is 22.5 Å². The number of anilines is 1. The molecule has 1 saturated carbocycles.